The van der Waals surface area contributed by atoms with Crippen molar-refractivity contribution in [2.75, 3.05) is 19.0 Å². The minimum absolute atomic E-state index is 0.106. The number of alkyl carbamates (subject to hydrolysis) is 1. The number of benzene rings is 2. The Morgan fingerprint density at radius 1 is 0.898 bits per heavy atom. The first kappa shape index (κ1) is 40.1. The highest BCUT2D eigenvalue weighted by atomic mass is 32.2. The SMILES string of the molecule is CCCCCCCC(=O)SCC/C=C/[C@H](CC(=O)OCC[Si](C)(C)C)OC(=O)[C@H](CC)NC(=O)OCC1c2ccccc2-c2ccccc21. The quantitative estimate of drug-likeness (QED) is 0.0450. The number of hydrogen-bond acceptors (Lipinski definition) is 8. The van der Waals surface area contributed by atoms with Crippen LogP contribution in [0.25, 0.3) is 11.1 Å². The van der Waals surface area contributed by atoms with Crippen molar-refractivity contribution in [3.63, 3.8) is 0 Å². The summed E-state index contributed by atoms with van der Waals surface area (Å²) in [6.07, 6.45) is 8.76. The number of amides is 1. The molecule has 0 saturated heterocycles. The maximum absolute atomic E-state index is 13.3. The van der Waals surface area contributed by atoms with E-state index in [1.165, 1.54) is 24.6 Å². The summed E-state index contributed by atoms with van der Waals surface area (Å²) in [7, 11) is -1.39. The fourth-order valence-electron chi connectivity index (χ4n) is 5.62. The van der Waals surface area contributed by atoms with Crippen LogP contribution in [0.15, 0.2) is 60.7 Å². The van der Waals surface area contributed by atoms with Crippen molar-refractivity contribution in [3.05, 3.63) is 71.8 Å². The van der Waals surface area contributed by atoms with Gasteiger partial charge in [0.15, 0.2) is 5.12 Å². The van der Waals surface area contributed by atoms with Gasteiger partial charge in [0.05, 0.1) is 13.0 Å². The molecule has 0 unspecified atom stereocenters. The number of esters is 2. The average Bonchev–Trinajstić information content (AvgIpc) is 3.38. The van der Waals surface area contributed by atoms with Gasteiger partial charge in [-0.05, 0) is 53.6 Å². The van der Waals surface area contributed by atoms with E-state index in [-0.39, 0.29) is 30.5 Å². The molecular weight excluding hydrogens is 655 g/mol. The zero-order valence-electron chi connectivity index (χ0n) is 30.0. The van der Waals surface area contributed by atoms with Crippen LogP contribution in [0.1, 0.15) is 88.7 Å². The minimum Gasteiger partial charge on any atom is -0.466 e. The topological polar surface area (TPSA) is 108 Å². The van der Waals surface area contributed by atoms with Gasteiger partial charge in [0.1, 0.15) is 18.8 Å². The summed E-state index contributed by atoms with van der Waals surface area (Å²) in [5, 5.41) is 2.84. The summed E-state index contributed by atoms with van der Waals surface area (Å²) in [5.74, 6) is -0.614. The van der Waals surface area contributed by atoms with Gasteiger partial charge in [-0.25, -0.2) is 9.59 Å². The Balaban J connectivity index is 1.54. The second-order valence-corrected chi connectivity index (χ2v) is 20.5. The zero-order chi connectivity index (χ0) is 35.6. The third-order valence-corrected chi connectivity index (χ3v) is 11.1. The standard InChI is InChI=1S/C39H55NO7SSi/c1-6-8-9-10-11-23-37(42)48-25-17-16-18-29(27-36(41)45-24-26-49(3,4)5)47-38(43)35(7-2)40-39(44)46-28-34-32-21-14-12-19-30(32)31-20-13-15-22-33(31)34/h12-16,18-22,29,34-35H,6-11,17,23-28H2,1-5H3,(H,40,44)/b18-16+/t29-,35+/m1/s1. The smallest absolute Gasteiger partial charge is 0.407 e. The maximum Gasteiger partial charge on any atom is 0.407 e. The minimum atomic E-state index is -1.39. The zero-order valence-corrected chi connectivity index (χ0v) is 31.8. The number of fused-ring (bicyclic) bond motifs is 3. The summed E-state index contributed by atoms with van der Waals surface area (Å²) >= 11 is 1.31. The number of rotatable bonds is 21. The lowest BCUT2D eigenvalue weighted by molar-refractivity contribution is -0.154. The second-order valence-electron chi connectivity index (χ2n) is 13.7. The van der Waals surface area contributed by atoms with Crippen LogP contribution in [-0.2, 0) is 28.6 Å². The molecule has 0 heterocycles. The molecule has 10 heteroatoms. The van der Waals surface area contributed by atoms with Gasteiger partial charge in [0.25, 0.3) is 0 Å². The summed E-state index contributed by atoms with van der Waals surface area (Å²) in [6.45, 7) is 11.0. The number of nitrogens with one attached hydrogen (secondary N) is 1. The fraction of sp³-hybridized carbons (Fsp3) is 0.538. The first-order chi connectivity index (χ1) is 23.5. The third-order valence-electron chi connectivity index (χ3n) is 8.46. The normalized spacial score (nSPS) is 13.7. The van der Waals surface area contributed by atoms with Crippen LogP contribution in [0.4, 0.5) is 4.79 Å². The average molecular weight is 710 g/mol. The van der Waals surface area contributed by atoms with Crippen LogP contribution >= 0.6 is 11.8 Å². The second kappa shape index (κ2) is 21.0. The Morgan fingerprint density at radius 2 is 1.55 bits per heavy atom. The van der Waals surface area contributed by atoms with E-state index in [1.54, 1.807) is 13.0 Å². The van der Waals surface area contributed by atoms with Crippen molar-refractivity contribution < 1.29 is 33.4 Å². The number of unbranched alkanes of at least 4 members (excludes halogenated alkanes) is 4. The molecule has 2 aromatic rings. The summed E-state index contributed by atoms with van der Waals surface area (Å²) in [4.78, 5) is 51.1. The van der Waals surface area contributed by atoms with Crippen LogP contribution in [0.3, 0.4) is 0 Å². The van der Waals surface area contributed by atoms with Gasteiger partial charge >= 0.3 is 18.0 Å². The molecule has 0 spiro atoms. The Hall–Kier alpha value is -3.37. The lowest BCUT2D eigenvalue weighted by Crippen LogP contribution is -2.43. The fourth-order valence-corrected chi connectivity index (χ4v) is 7.10. The first-order valence-electron chi connectivity index (χ1n) is 17.8. The number of thioether (sulfide) groups is 1. The Labute approximate surface area is 298 Å². The molecule has 49 heavy (non-hydrogen) atoms. The monoisotopic (exact) mass is 709 g/mol. The number of carbonyl (C=O) groups excluding carboxylic acids is 4. The highest BCUT2D eigenvalue weighted by molar-refractivity contribution is 8.13. The molecule has 1 N–H and O–H groups in total. The van der Waals surface area contributed by atoms with Crippen LogP contribution in [-0.4, -0.2) is 62.3 Å². The lowest BCUT2D eigenvalue weighted by Gasteiger charge is -2.21. The molecule has 0 saturated carbocycles. The van der Waals surface area contributed by atoms with Gasteiger partial charge in [0, 0.05) is 26.2 Å². The lowest BCUT2D eigenvalue weighted by atomic mass is 9.98. The highest BCUT2D eigenvalue weighted by Gasteiger charge is 2.30. The van der Waals surface area contributed by atoms with Crippen molar-refractivity contribution in [2.24, 2.45) is 0 Å². The third kappa shape index (κ3) is 14.2. The van der Waals surface area contributed by atoms with E-state index in [1.807, 2.05) is 42.5 Å². The van der Waals surface area contributed by atoms with Crippen molar-refractivity contribution in [1.82, 2.24) is 5.32 Å². The predicted molar refractivity (Wildman–Crippen MR) is 200 cm³/mol. The largest absolute Gasteiger partial charge is 0.466 e. The van der Waals surface area contributed by atoms with Crippen LogP contribution in [0.5, 0.6) is 0 Å². The van der Waals surface area contributed by atoms with Crippen molar-refractivity contribution >= 4 is 43.0 Å². The van der Waals surface area contributed by atoms with Gasteiger partial charge in [0.2, 0.25) is 0 Å². The molecular formula is C39H55NO7SSi. The first-order valence-corrected chi connectivity index (χ1v) is 22.5. The molecule has 0 radical (unpaired) electrons. The molecule has 2 atom stereocenters. The summed E-state index contributed by atoms with van der Waals surface area (Å²) in [5.41, 5.74) is 4.45. The summed E-state index contributed by atoms with van der Waals surface area (Å²) in [6, 6.07) is 16.0. The van der Waals surface area contributed by atoms with E-state index in [4.69, 9.17) is 14.2 Å². The molecule has 1 aliphatic carbocycles. The van der Waals surface area contributed by atoms with Crippen molar-refractivity contribution in [2.45, 2.75) is 115 Å². The molecule has 2 aromatic carbocycles. The van der Waals surface area contributed by atoms with Gasteiger partial charge < -0.3 is 19.5 Å². The number of hydrogen-bond donors (Lipinski definition) is 1. The number of allylic oxidation sites excluding steroid dienone is 1. The van der Waals surface area contributed by atoms with Crippen molar-refractivity contribution in [3.8, 4) is 11.1 Å². The van der Waals surface area contributed by atoms with E-state index in [9.17, 15) is 19.2 Å². The van der Waals surface area contributed by atoms with Gasteiger partial charge in [-0.15, -0.1) is 0 Å². The number of ether oxygens (including phenoxy) is 3. The van der Waals surface area contributed by atoms with Crippen LogP contribution < -0.4 is 5.32 Å². The van der Waals surface area contributed by atoms with E-state index in [2.05, 4.69) is 44.0 Å². The van der Waals surface area contributed by atoms with E-state index >= 15 is 0 Å². The van der Waals surface area contributed by atoms with Gasteiger partial charge in [-0.3, -0.25) is 9.59 Å². The van der Waals surface area contributed by atoms with Crippen LogP contribution in [0, 0.1) is 0 Å². The molecule has 3 rings (SSSR count). The molecule has 0 fully saturated rings. The molecule has 0 aromatic heterocycles. The Kier molecular flexibility index (Phi) is 17.2. The number of carbonyl (C=O) groups is 4. The van der Waals surface area contributed by atoms with Crippen LogP contribution in [0.2, 0.25) is 25.7 Å². The molecule has 1 aliphatic rings. The highest BCUT2D eigenvalue weighted by Crippen LogP contribution is 2.44. The van der Waals surface area contributed by atoms with Gasteiger partial charge in [-0.2, -0.15) is 0 Å². The Morgan fingerprint density at radius 3 is 2.18 bits per heavy atom. The molecule has 268 valence electrons. The maximum atomic E-state index is 13.3. The molecule has 1 amide bonds. The predicted octanol–water partition coefficient (Wildman–Crippen LogP) is 9.05. The van der Waals surface area contributed by atoms with E-state index in [0.29, 0.717) is 25.2 Å². The van der Waals surface area contributed by atoms with E-state index < -0.39 is 38.3 Å². The molecule has 8 nitrogen and oxygen atoms in total. The summed E-state index contributed by atoms with van der Waals surface area (Å²) < 4.78 is 16.9. The van der Waals surface area contributed by atoms with E-state index in [0.717, 1.165) is 47.6 Å². The molecule has 0 aliphatic heterocycles. The Bertz CT molecular complexity index is 1360. The van der Waals surface area contributed by atoms with Crippen molar-refractivity contribution in [1.29, 1.82) is 0 Å². The molecule has 0 bridgehead atoms. The van der Waals surface area contributed by atoms with Gasteiger partial charge in [-0.1, -0.05) is 126 Å².